The minimum atomic E-state index is 0. The standard InChI is InChI=1S/C19H32N4O2.HI/c1-6-20-19(22-11-10-21-18(24)14(3)4)23-13-16-9-8-15(5)12-17(16)25-7-2;/h8-9,12,14H,6-7,10-11,13H2,1-5H3,(H,21,24)(H2,20,22,23);1H. The number of guanidine groups is 1. The smallest absolute Gasteiger partial charge is 0.222 e. The molecule has 1 rings (SSSR count). The summed E-state index contributed by atoms with van der Waals surface area (Å²) < 4.78 is 5.70. The van der Waals surface area contributed by atoms with Gasteiger partial charge in [0.2, 0.25) is 5.91 Å². The van der Waals surface area contributed by atoms with Crippen molar-refractivity contribution in [3.8, 4) is 5.75 Å². The molecule has 0 spiro atoms. The molecule has 0 aromatic heterocycles. The van der Waals surface area contributed by atoms with E-state index in [1.165, 1.54) is 5.56 Å². The van der Waals surface area contributed by atoms with Crippen LogP contribution in [0.2, 0.25) is 0 Å². The second-order valence-corrected chi connectivity index (χ2v) is 6.11. The number of carbonyl (C=O) groups is 1. The maximum atomic E-state index is 11.6. The Balaban J connectivity index is 0.00000625. The van der Waals surface area contributed by atoms with E-state index in [4.69, 9.17) is 4.74 Å². The van der Waals surface area contributed by atoms with Crippen LogP contribution in [0.5, 0.6) is 5.75 Å². The summed E-state index contributed by atoms with van der Waals surface area (Å²) in [6.07, 6.45) is 0. The first kappa shape index (κ1) is 24.5. The van der Waals surface area contributed by atoms with Crippen LogP contribution in [0.15, 0.2) is 23.2 Å². The molecule has 26 heavy (non-hydrogen) atoms. The summed E-state index contributed by atoms with van der Waals surface area (Å²) in [4.78, 5) is 16.2. The molecule has 3 N–H and O–H groups in total. The summed E-state index contributed by atoms with van der Waals surface area (Å²) in [6.45, 7) is 12.9. The normalized spacial score (nSPS) is 10.9. The van der Waals surface area contributed by atoms with Gasteiger partial charge in [-0.05, 0) is 32.4 Å². The number of benzene rings is 1. The number of nitrogens with one attached hydrogen (secondary N) is 3. The lowest BCUT2D eigenvalue weighted by molar-refractivity contribution is -0.123. The van der Waals surface area contributed by atoms with Gasteiger partial charge in [0.25, 0.3) is 0 Å². The maximum absolute atomic E-state index is 11.6. The van der Waals surface area contributed by atoms with E-state index >= 15 is 0 Å². The van der Waals surface area contributed by atoms with Gasteiger partial charge in [-0.25, -0.2) is 4.99 Å². The van der Waals surface area contributed by atoms with Crippen LogP contribution in [0.3, 0.4) is 0 Å². The first-order valence-corrected chi connectivity index (χ1v) is 9.00. The van der Waals surface area contributed by atoms with Crippen LogP contribution in [0.1, 0.15) is 38.8 Å². The third-order valence-corrected chi connectivity index (χ3v) is 3.52. The van der Waals surface area contributed by atoms with E-state index in [0.717, 1.165) is 23.8 Å². The van der Waals surface area contributed by atoms with Gasteiger partial charge in [-0.3, -0.25) is 4.79 Å². The molecule has 0 fully saturated rings. The number of hydrogen-bond donors (Lipinski definition) is 3. The van der Waals surface area contributed by atoms with E-state index < -0.39 is 0 Å². The van der Waals surface area contributed by atoms with E-state index in [9.17, 15) is 4.79 Å². The quantitative estimate of drug-likeness (QED) is 0.222. The van der Waals surface area contributed by atoms with Crippen LogP contribution in [0.4, 0.5) is 0 Å². The second kappa shape index (κ2) is 13.7. The monoisotopic (exact) mass is 476 g/mol. The van der Waals surface area contributed by atoms with Crippen molar-refractivity contribution >= 4 is 35.8 Å². The molecule has 1 amide bonds. The van der Waals surface area contributed by atoms with E-state index in [1.54, 1.807) is 0 Å². The number of halogens is 1. The van der Waals surface area contributed by atoms with Gasteiger partial charge >= 0.3 is 0 Å². The lowest BCUT2D eigenvalue weighted by atomic mass is 10.1. The summed E-state index contributed by atoms with van der Waals surface area (Å²) in [7, 11) is 0. The third kappa shape index (κ3) is 9.26. The average Bonchev–Trinajstić information content (AvgIpc) is 2.57. The number of hydrogen-bond acceptors (Lipinski definition) is 3. The summed E-state index contributed by atoms with van der Waals surface area (Å²) in [6, 6.07) is 6.15. The van der Waals surface area contributed by atoms with E-state index in [-0.39, 0.29) is 35.8 Å². The van der Waals surface area contributed by atoms with Crippen LogP contribution in [-0.4, -0.2) is 38.1 Å². The summed E-state index contributed by atoms with van der Waals surface area (Å²) in [5, 5.41) is 9.32. The highest BCUT2D eigenvalue weighted by atomic mass is 127. The molecule has 0 saturated carbocycles. The number of ether oxygens (including phenoxy) is 1. The molecule has 0 radical (unpaired) electrons. The minimum Gasteiger partial charge on any atom is -0.494 e. The molecule has 0 aliphatic rings. The van der Waals surface area contributed by atoms with Crippen LogP contribution in [-0.2, 0) is 11.3 Å². The zero-order valence-electron chi connectivity index (χ0n) is 16.5. The number of amides is 1. The van der Waals surface area contributed by atoms with Crippen LogP contribution in [0, 0.1) is 12.8 Å². The van der Waals surface area contributed by atoms with Crippen molar-refractivity contribution in [3.63, 3.8) is 0 Å². The largest absolute Gasteiger partial charge is 0.494 e. The van der Waals surface area contributed by atoms with Gasteiger partial charge in [-0.1, -0.05) is 26.0 Å². The van der Waals surface area contributed by atoms with Gasteiger partial charge in [0.15, 0.2) is 5.96 Å². The van der Waals surface area contributed by atoms with Crippen LogP contribution >= 0.6 is 24.0 Å². The molecule has 1 aromatic rings. The Morgan fingerprint density at radius 3 is 2.46 bits per heavy atom. The third-order valence-electron chi connectivity index (χ3n) is 3.52. The van der Waals surface area contributed by atoms with Crippen molar-refractivity contribution in [1.82, 2.24) is 16.0 Å². The molecule has 0 atom stereocenters. The highest BCUT2D eigenvalue weighted by Gasteiger charge is 2.06. The lowest BCUT2D eigenvalue weighted by Gasteiger charge is -2.14. The Bertz CT molecular complexity index is 577. The van der Waals surface area contributed by atoms with Crippen molar-refractivity contribution < 1.29 is 9.53 Å². The summed E-state index contributed by atoms with van der Waals surface area (Å²) in [5.74, 6) is 1.67. The van der Waals surface area contributed by atoms with Crippen molar-refractivity contribution in [1.29, 1.82) is 0 Å². The molecular weight excluding hydrogens is 443 g/mol. The molecule has 148 valence electrons. The van der Waals surface area contributed by atoms with Gasteiger partial charge in [0, 0.05) is 31.1 Å². The van der Waals surface area contributed by atoms with E-state index in [2.05, 4.69) is 33.1 Å². The minimum absolute atomic E-state index is 0. The van der Waals surface area contributed by atoms with Crippen molar-refractivity contribution in [2.45, 2.75) is 41.2 Å². The first-order chi connectivity index (χ1) is 12.0. The number of aliphatic imine (C=N–C) groups is 1. The number of rotatable bonds is 9. The Hall–Kier alpha value is -1.51. The summed E-state index contributed by atoms with van der Waals surface area (Å²) in [5.41, 5.74) is 2.22. The molecule has 1 aromatic carbocycles. The fourth-order valence-corrected chi connectivity index (χ4v) is 2.16. The predicted molar refractivity (Wildman–Crippen MR) is 118 cm³/mol. The fraction of sp³-hybridized carbons (Fsp3) is 0.579. The summed E-state index contributed by atoms with van der Waals surface area (Å²) >= 11 is 0. The molecular formula is C19H33IN4O2. The van der Waals surface area contributed by atoms with Crippen molar-refractivity contribution in [2.75, 3.05) is 26.2 Å². The molecule has 0 bridgehead atoms. The van der Waals surface area contributed by atoms with Crippen LogP contribution in [0.25, 0.3) is 0 Å². The number of carbonyl (C=O) groups excluding carboxylic acids is 1. The van der Waals surface area contributed by atoms with Crippen molar-refractivity contribution in [2.24, 2.45) is 10.9 Å². The molecule has 0 aliphatic heterocycles. The SMILES string of the molecule is CCNC(=NCc1ccc(C)cc1OCC)NCCNC(=O)C(C)C.I. The van der Waals surface area contributed by atoms with Crippen molar-refractivity contribution in [3.05, 3.63) is 29.3 Å². The second-order valence-electron chi connectivity index (χ2n) is 6.11. The first-order valence-electron chi connectivity index (χ1n) is 9.00. The molecule has 6 nitrogen and oxygen atoms in total. The van der Waals surface area contributed by atoms with Gasteiger partial charge in [0.05, 0.1) is 13.2 Å². The van der Waals surface area contributed by atoms with Gasteiger partial charge in [0.1, 0.15) is 5.75 Å². The zero-order chi connectivity index (χ0) is 18.7. The Morgan fingerprint density at radius 2 is 1.85 bits per heavy atom. The fourth-order valence-electron chi connectivity index (χ4n) is 2.16. The maximum Gasteiger partial charge on any atom is 0.222 e. The molecule has 0 aliphatic carbocycles. The molecule has 0 unspecified atom stereocenters. The lowest BCUT2D eigenvalue weighted by Crippen LogP contribution is -2.42. The highest BCUT2D eigenvalue weighted by molar-refractivity contribution is 14.0. The van der Waals surface area contributed by atoms with E-state index in [1.807, 2.05) is 40.7 Å². The topological polar surface area (TPSA) is 74.8 Å². The number of nitrogens with zero attached hydrogens (tertiary/aromatic N) is 1. The van der Waals surface area contributed by atoms with Gasteiger partial charge < -0.3 is 20.7 Å². The Kier molecular flexibility index (Phi) is 12.9. The molecule has 7 heteroatoms. The van der Waals surface area contributed by atoms with Crippen LogP contribution < -0.4 is 20.7 Å². The molecule has 0 saturated heterocycles. The van der Waals surface area contributed by atoms with Gasteiger partial charge in [-0.2, -0.15) is 0 Å². The number of aryl methyl sites for hydroxylation is 1. The van der Waals surface area contributed by atoms with Gasteiger partial charge in [-0.15, -0.1) is 24.0 Å². The van der Waals surface area contributed by atoms with E-state index in [0.29, 0.717) is 26.2 Å². The average molecular weight is 476 g/mol. The zero-order valence-corrected chi connectivity index (χ0v) is 18.8. The molecule has 0 heterocycles. The Labute approximate surface area is 174 Å². The Morgan fingerprint density at radius 1 is 1.15 bits per heavy atom. The predicted octanol–water partition coefficient (Wildman–Crippen LogP) is 2.84. The highest BCUT2D eigenvalue weighted by Crippen LogP contribution is 2.21.